The fourth-order valence-corrected chi connectivity index (χ4v) is 3.52. The predicted molar refractivity (Wildman–Crippen MR) is 109 cm³/mol. The zero-order valence-electron chi connectivity index (χ0n) is 14.7. The molecule has 9 heteroatoms. The van der Waals surface area contributed by atoms with E-state index in [0.29, 0.717) is 26.8 Å². The minimum atomic E-state index is -0.544. The van der Waals surface area contributed by atoms with Crippen LogP contribution in [0.25, 0.3) is 0 Å². The number of rotatable bonds is 6. The van der Waals surface area contributed by atoms with E-state index in [1.165, 1.54) is 11.8 Å². The van der Waals surface area contributed by atoms with Crippen molar-refractivity contribution in [2.45, 2.75) is 38.9 Å². The van der Waals surface area contributed by atoms with Gasteiger partial charge in [0, 0.05) is 17.8 Å². The van der Waals surface area contributed by atoms with Crippen molar-refractivity contribution in [2.75, 3.05) is 5.32 Å². The first kappa shape index (κ1) is 20.7. The van der Waals surface area contributed by atoms with Gasteiger partial charge in [0.15, 0.2) is 5.17 Å². The lowest BCUT2D eigenvalue weighted by Crippen LogP contribution is -2.28. The Morgan fingerprint density at radius 2 is 2.08 bits per heavy atom. The van der Waals surface area contributed by atoms with Crippen molar-refractivity contribution < 1.29 is 9.59 Å². The molecule has 0 saturated carbocycles. The van der Waals surface area contributed by atoms with Crippen molar-refractivity contribution in [2.24, 2.45) is 16.1 Å². The fraction of sp³-hybridized carbons (Fsp3) is 0.412. The molecule has 1 saturated heterocycles. The molecule has 1 fully saturated rings. The Hall–Kier alpha value is -1.57. The lowest BCUT2D eigenvalue weighted by atomic mass is 10.1. The molecular formula is C17H20Cl2N4O2S. The smallest absolute Gasteiger partial charge is 0.240 e. The predicted octanol–water partition coefficient (Wildman–Crippen LogP) is 4.33. The van der Waals surface area contributed by atoms with Crippen molar-refractivity contribution >= 4 is 63.3 Å². The highest BCUT2D eigenvalue weighted by atomic mass is 35.5. The molecule has 0 unspecified atom stereocenters. The standard InChI is InChI=1S/C17H20Cl2N4O2S/c1-9(2)6-10(3)22-23-17-21-16(25)14(26-17)8-15(24)20-11-4-5-12(18)13(19)7-11/h4-5,7,9,14H,6,8H2,1-3H3,(H,20,24)(H,21,23,25)/b22-10-/t14-/m0/s1. The maximum atomic E-state index is 12.2. The molecule has 1 aromatic carbocycles. The Kier molecular flexibility index (Phi) is 7.49. The third kappa shape index (κ3) is 6.30. The Morgan fingerprint density at radius 3 is 2.73 bits per heavy atom. The van der Waals surface area contributed by atoms with Crippen LogP contribution in [-0.2, 0) is 9.59 Å². The topological polar surface area (TPSA) is 82.9 Å². The highest BCUT2D eigenvalue weighted by Gasteiger charge is 2.32. The Morgan fingerprint density at radius 1 is 1.35 bits per heavy atom. The zero-order valence-corrected chi connectivity index (χ0v) is 17.0. The first-order valence-corrected chi connectivity index (χ1v) is 9.71. The minimum Gasteiger partial charge on any atom is -0.326 e. The number of anilines is 1. The summed E-state index contributed by atoms with van der Waals surface area (Å²) < 4.78 is 0. The molecule has 1 aliphatic rings. The summed E-state index contributed by atoms with van der Waals surface area (Å²) in [6, 6.07) is 4.80. The molecule has 2 N–H and O–H groups in total. The highest BCUT2D eigenvalue weighted by molar-refractivity contribution is 8.15. The van der Waals surface area contributed by atoms with Crippen LogP contribution >= 0.6 is 35.0 Å². The third-order valence-electron chi connectivity index (χ3n) is 3.37. The minimum absolute atomic E-state index is 0.0183. The van der Waals surface area contributed by atoms with Gasteiger partial charge in [0.05, 0.1) is 10.0 Å². The van der Waals surface area contributed by atoms with Crippen LogP contribution in [0.5, 0.6) is 0 Å². The molecule has 1 aliphatic heterocycles. The number of nitrogens with one attached hydrogen (secondary N) is 2. The number of hydrogen-bond donors (Lipinski definition) is 2. The summed E-state index contributed by atoms with van der Waals surface area (Å²) in [4.78, 5) is 24.2. The van der Waals surface area contributed by atoms with E-state index in [0.717, 1.165) is 12.1 Å². The molecule has 0 aliphatic carbocycles. The number of amides is 2. The van der Waals surface area contributed by atoms with Gasteiger partial charge < -0.3 is 10.6 Å². The number of amidine groups is 1. The van der Waals surface area contributed by atoms with Gasteiger partial charge in [-0.3, -0.25) is 9.59 Å². The van der Waals surface area contributed by atoms with Crippen LogP contribution in [0.15, 0.2) is 28.4 Å². The molecule has 0 bridgehead atoms. The Balaban J connectivity index is 1.92. The summed E-state index contributed by atoms with van der Waals surface area (Å²) in [7, 11) is 0. The summed E-state index contributed by atoms with van der Waals surface area (Å²) >= 11 is 13.0. The lowest BCUT2D eigenvalue weighted by Gasteiger charge is -2.08. The molecule has 0 spiro atoms. The first-order chi connectivity index (χ1) is 12.2. The Labute approximate surface area is 166 Å². The summed E-state index contributed by atoms with van der Waals surface area (Å²) in [5.41, 5.74) is 1.42. The lowest BCUT2D eigenvalue weighted by molar-refractivity contribution is -0.122. The van der Waals surface area contributed by atoms with Gasteiger partial charge in [-0.2, -0.15) is 5.10 Å². The van der Waals surface area contributed by atoms with Gasteiger partial charge >= 0.3 is 0 Å². The summed E-state index contributed by atoms with van der Waals surface area (Å²) in [5.74, 6) is -0.0610. The summed E-state index contributed by atoms with van der Waals surface area (Å²) in [6.45, 7) is 6.09. The van der Waals surface area contributed by atoms with Crippen molar-refractivity contribution in [3.63, 3.8) is 0 Å². The number of thioether (sulfide) groups is 1. The molecule has 2 rings (SSSR count). The largest absolute Gasteiger partial charge is 0.326 e. The molecular weight excluding hydrogens is 395 g/mol. The maximum absolute atomic E-state index is 12.2. The van der Waals surface area contributed by atoms with Gasteiger partial charge in [0.2, 0.25) is 11.8 Å². The second-order valence-corrected chi connectivity index (χ2v) is 8.32. The Bertz CT molecular complexity index is 765. The van der Waals surface area contributed by atoms with E-state index in [1.54, 1.807) is 18.2 Å². The van der Waals surface area contributed by atoms with Crippen molar-refractivity contribution in [1.82, 2.24) is 5.32 Å². The molecule has 140 valence electrons. The normalized spacial score (nSPS) is 19.2. The highest BCUT2D eigenvalue weighted by Crippen LogP contribution is 2.26. The number of nitrogens with zero attached hydrogens (tertiary/aromatic N) is 2. The number of carbonyl (C=O) groups excluding carboxylic acids is 2. The van der Waals surface area contributed by atoms with Crippen LogP contribution < -0.4 is 10.6 Å². The molecule has 0 aromatic heterocycles. The van der Waals surface area contributed by atoms with E-state index in [2.05, 4.69) is 34.7 Å². The van der Waals surface area contributed by atoms with E-state index in [1.807, 2.05) is 6.92 Å². The number of hydrogen-bond acceptors (Lipinski definition) is 5. The number of carbonyl (C=O) groups is 2. The van der Waals surface area contributed by atoms with Gasteiger partial charge in [-0.1, -0.05) is 48.8 Å². The molecule has 2 amide bonds. The van der Waals surface area contributed by atoms with Crippen LogP contribution in [0, 0.1) is 5.92 Å². The average molecular weight is 415 g/mol. The van der Waals surface area contributed by atoms with Crippen LogP contribution in [-0.4, -0.2) is 27.9 Å². The quantitative estimate of drug-likeness (QED) is 0.536. The maximum Gasteiger partial charge on any atom is 0.240 e. The second kappa shape index (κ2) is 9.39. The zero-order chi connectivity index (χ0) is 19.3. The second-order valence-electron chi connectivity index (χ2n) is 6.32. The van der Waals surface area contributed by atoms with Crippen LogP contribution in [0.4, 0.5) is 5.69 Å². The molecule has 26 heavy (non-hydrogen) atoms. The molecule has 0 radical (unpaired) electrons. The first-order valence-electron chi connectivity index (χ1n) is 8.08. The van der Waals surface area contributed by atoms with Gasteiger partial charge in [0.25, 0.3) is 0 Å². The monoisotopic (exact) mass is 414 g/mol. The van der Waals surface area contributed by atoms with Crippen molar-refractivity contribution in [3.8, 4) is 0 Å². The molecule has 6 nitrogen and oxygen atoms in total. The van der Waals surface area contributed by atoms with E-state index in [9.17, 15) is 9.59 Å². The summed E-state index contributed by atoms with van der Waals surface area (Å²) in [6.07, 6.45) is 0.856. The van der Waals surface area contributed by atoms with Crippen molar-refractivity contribution in [1.29, 1.82) is 0 Å². The van der Waals surface area contributed by atoms with Gasteiger partial charge in [-0.15, -0.1) is 5.10 Å². The SMILES string of the molecule is C/C(CC(C)C)=N/N=C1\NC(=O)[C@H](CC(=O)Nc2ccc(Cl)c(Cl)c2)S1. The van der Waals surface area contributed by atoms with Gasteiger partial charge in [-0.25, -0.2) is 0 Å². The fourth-order valence-electron chi connectivity index (χ4n) is 2.30. The average Bonchev–Trinajstić information content (AvgIpc) is 2.88. The van der Waals surface area contributed by atoms with Gasteiger partial charge in [-0.05, 0) is 37.5 Å². The number of halogens is 2. The molecule has 1 heterocycles. The van der Waals surface area contributed by atoms with E-state index in [-0.39, 0.29) is 18.2 Å². The third-order valence-corrected chi connectivity index (χ3v) is 5.18. The van der Waals surface area contributed by atoms with E-state index < -0.39 is 5.25 Å². The van der Waals surface area contributed by atoms with Crippen LogP contribution in [0.3, 0.4) is 0 Å². The molecule has 1 atom stereocenters. The summed E-state index contributed by atoms with van der Waals surface area (Å²) in [5, 5.41) is 14.1. The molecule has 1 aromatic rings. The van der Waals surface area contributed by atoms with Gasteiger partial charge in [0.1, 0.15) is 5.25 Å². The van der Waals surface area contributed by atoms with Crippen molar-refractivity contribution in [3.05, 3.63) is 28.2 Å². The van der Waals surface area contributed by atoms with Crippen LogP contribution in [0.1, 0.15) is 33.6 Å². The van der Waals surface area contributed by atoms with E-state index in [4.69, 9.17) is 23.2 Å². The van der Waals surface area contributed by atoms with Crippen LogP contribution in [0.2, 0.25) is 10.0 Å². The number of benzene rings is 1. The van der Waals surface area contributed by atoms with E-state index >= 15 is 0 Å².